The molecular weight excluding hydrogens is 388 g/mol. The zero-order valence-electron chi connectivity index (χ0n) is 14.5. The van der Waals surface area contributed by atoms with Gasteiger partial charge < -0.3 is 4.90 Å². The second kappa shape index (κ2) is 7.23. The van der Waals surface area contributed by atoms with E-state index in [1.54, 1.807) is 4.90 Å². The second-order valence-corrected chi connectivity index (χ2v) is 7.75. The Labute approximate surface area is 167 Å². The summed E-state index contributed by atoms with van der Waals surface area (Å²) in [6.07, 6.45) is 2.77. The average Bonchev–Trinajstić information content (AvgIpc) is 2.98. The van der Waals surface area contributed by atoms with Crippen LogP contribution in [0, 0.1) is 5.82 Å². The summed E-state index contributed by atoms with van der Waals surface area (Å²) >= 11 is 11.9. The number of halogens is 3. The van der Waals surface area contributed by atoms with Crippen LogP contribution < -0.4 is 4.90 Å². The lowest BCUT2D eigenvalue weighted by Gasteiger charge is -2.43. The van der Waals surface area contributed by atoms with Gasteiger partial charge in [-0.2, -0.15) is 0 Å². The molecule has 1 fully saturated rings. The Bertz CT molecular complexity index is 872. The number of hydrogen-bond acceptors (Lipinski definition) is 3. The molecule has 0 radical (unpaired) electrons. The van der Waals surface area contributed by atoms with Crippen LogP contribution >= 0.6 is 23.2 Å². The molecule has 0 aromatic heterocycles. The normalized spacial score (nSPS) is 19.2. The van der Waals surface area contributed by atoms with Crippen LogP contribution in [0.4, 0.5) is 10.1 Å². The van der Waals surface area contributed by atoms with E-state index in [1.165, 1.54) is 24.0 Å². The molecule has 1 saturated heterocycles. The fourth-order valence-electron chi connectivity index (χ4n) is 3.82. The lowest BCUT2D eigenvalue weighted by atomic mass is 9.85. The average molecular weight is 406 g/mol. The molecule has 4 rings (SSSR count). The zero-order valence-corrected chi connectivity index (χ0v) is 16.0. The Kier molecular flexibility index (Phi) is 4.93. The first-order chi connectivity index (χ1) is 13.0. The highest BCUT2D eigenvalue weighted by Gasteiger charge is 2.49. The summed E-state index contributed by atoms with van der Waals surface area (Å²) < 4.78 is 13.8. The third kappa shape index (κ3) is 3.35. The van der Waals surface area contributed by atoms with Gasteiger partial charge in [0.2, 0.25) is 0 Å². The van der Waals surface area contributed by atoms with Crippen molar-refractivity contribution in [3.63, 3.8) is 0 Å². The second-order valence-electron chi connectivity index (χ2n) is 6.94. The minimum absolute atomic E-state index is 0.0677. The van der Waals surface area contributed by atoms with E-state index in [9.17, 15) is 9.18 Å². The monoisotopic (exact) mass is 405 g/mol. The van der Waals surface area contributed by atoms with Gasteiger partial charge in [-0.1, -0.05) is 53.5 Å². The van der Waals surface area contributed by atoms with Gasteiger partial charge in [-0.25, -0.2) is 9.38 Å². The SMILES string of the molecule is O=C1N=CN(c2cc(Cl)c(F)c(Cl)c2)C12CCN(Cc1ccccc1)CC2. The summed E-state index contributed by atoms with van der Waals surface area (Å²) in [5.74, 6) is -0.824. The number of amides is 1. The van der Waals surface area contributed by atoms with Crippen molar-refractivity contribution in [2.24, 2.45) is 4.99 Å². The molecule has 140 valence electrons. The van der Waals surface area contributed by atoms with Crippen molar-refractivity contribution in [1.82, 2.24) is 4.90 Å². The summed E-state index contributed by atoms with van der Waals surface area (Å²) in [5.41, 5.74) is 1.08. The number of rotatable bonds is 3. The van der Waals surface area contributed by atoms with Gasteiger partial charge in [-0.3, -0.25) is 9.69 Å². The first kappa shape index (κ1) is 18.4. The number of nitrogens with zero attached hydrogens (tertiary/aromatic N) is 3. The van der Waals surface area contributed by atoms with Crippen molar-refractivity contribution < 1.29 is 9.18 Å². The molecule has 1 amide bonds. The van der Waals surface area contributed by atoms with Crippen molar-refractivity contribution in [2.75, 3.05) is 18.0 Å². The van der Waals surface area contributed by atoms with E-state index in [2.05, 4.69) is 22.0 Å². The van der Waals surface area contributed by atoms with E-state index in [1.807, 2.05) is 18.2 Å². The Morgan fingerprint density at radius 1 is 1.07 bits per heavy atom. The smallest absolute Gasteiger partial charge is 0.273 e. The predicted molar refractivity (Wildman–Crippen MR) is 106 cm³/mol. The lowest BCUT2D eigenvalue weighted by Crippen LogP contribution is -2.56. The number of carbonyl (C=O) groups excluding carboxylic acids is 1. The van der Waals surface area contributed by atoms with E-state index < -0.39 is 11.4 Å². The highest BCUT2D eigenvalue weighted by molar-refractivity contribution is 6.35. The van der Waals surface area contributed by atoms with E-state index >= 15 is 0 Å². The van der Waals surface area contributed by atoms with Gasteiger partial charge in [0.1, 0.15) is 5.54 Å². The number of carbonyl (C=O) groups is 1. The van der Waals surface area contributed by atoms with Gasteiger partial charge in [0.25, 0.3) is 5.91 Å². The van der Waals surface area contributed by atoms with E-state index in [0.717, 1.165) is 19.6 Å². The largest absolute Gasteiger partial charge is 0.317 e. The number of likely N-dealkylation sites (tertiary alicyclic amines) is 1. The summed E-state index contributed by atoms with van der Waals surface area (Å²) in [7, 11) is 0. The van der Waals surface area contributed by atoms with Gasteiger partial charge in [0.15, 0.2) is 5.82 Å². The molecule has 0 bridgehead atoms. The molecule has 0 N–H and O–H groups in total. The molecule has 0 aliphatic carbocycles. The summed E-state index contributed by atoms with van der Waals surface area (Å²) in [4.78, 5) is 20.8. The van der Waals surface area contributed by atoms with Crippen molar-refractivity contribution in [3.8, 4) is 0 Å². The summed E-state index contributed by atoms with van der Waals surface area (Å²) in [6.45, 7) is 2.38. The fourth-order valence-corrected chi connectivity index (χ4v) is 4.29. The molecule has 4 nitrogen and oxygen atoms in total. The van der Waals surface area contributed by atoms with Crippen LogP contribution in [-0.4, -0.2) is 35.8 Å². The van der Waals surface area contributed by atoms with Crippen molar-refractivity contribution >= 4 is 41.1 Å². The maximum Gasteiger partial charge on any atom is 0.273 e. The molecule has 7 heteroatoms. The maximum atomic E-state index is 13.8. The standard InChI is InChI=1S/C20H18Cl2FN3O/c21-16-10-15(11-17(22)18(16)23)26-13-24-19(27)20(26)6-8-25(9-7-20)12-14-4-2-1-3-5-14/h1-5,10-11,13H,6-9,12H2. The van der Waals surface area contributed by atoms with Crippen LogP contribution in [-0.2, 0) is 11.3 Å². The Morgan fingerprint density at radius 3 is 2.33 bits per heavy atom. The lowest BCUT2D eigenvalue weighted by molar-refractivity contribution is -0.123. The molecular formula is C20H18Cl2FN3O. The van der Waals surface area contributed by atoms with Gasteiger partial charge >= 0.3 is 0 Å². The Hall–Kier alpha value is -1.95. The minimum Gasteiger partial charge on any atom is -0.317 e. The molecule has 2 aromatic carbocycles. The van der Waals surface area contributed by atoms with Crippen LogP contribution in [0.3, 0.4) is 0 Å². The molecule has 27 heavy (non-hydrogen) atoms. The topological polar surface area (TPSA) is 35.9 Å². The third-order valence-corrected chi connectivity index (χ3v) is 5.88. The molecule has 2 aliphatic heterocycles. The van der Waals surface area contributed by atoms with Crippen LogP contribution in [0.5, 0.6) is 0 Å². The van der Waals surface area contributed by atoms with Crippen LogP contribution in [0.2, 0.25) is 10.0 Å². The summed E-state index contributed by atoms with van der Waals surface area (Å²) in [6, 6.07) is 13.2. The van der Waals surface area contributed by atoms with Gasteiger partial charge in [0, 0.05) is 25.3 Å². The Balaban J connectivity index is 1.54. The molecule has 0 atom stereocenters. The number of piperidine rings is 1. The van der Waals surface area contributed by atoms with E-state index in [-0.39, 0.29) is 16.0 Å². The van der Waals surface area contributed by atoms with Crippen LogP contribution in [0.1, 0.15) is 18.4 Å². The predicted octanol–water partition coefficient (Wildman–Crippen LogP) is 4.54. The van der Waals surface area contributed by atoms with Crippen molar-refractivity contribution in [2.45, 2.75) is 24.9 Å². The number of benzene rings is 2. The zero-order chi connectivity index (χ0) is 19.0. The molecule has 0 unspecified atom stereocenters. The highest BCUT2D eigenvalue weighted by Crippen LogP contribution is 2.39. The Morgan fingerprint density at radius 2 is 1.70 bits per heavy atom. The van der Waals surface area contributed by atoms with Crippen LogP contribution in [0.25, 0.3) is 0 Å². The fraction of sp³-hybridized carbons (Fsp3) is 0.300. The minimum atomic E-state index is -0.752. The first-order valence-electron chi connectivity index (χ1n) is 8.78. The molecule has 1 spiro atoms. The first-order valence-corrected chi connectivity index (χ1v) is 9.54. The quantitative estimate of drug-likeness (QED) is 0.703. The number of aliphatic imine (C=N–C) groups is 1. The molecule has 2 aromatic rings. The van der Waals surface area contributed by atoms with E-state index in [0.29, 0.717) is 18.5 Å². The molecule has 2 heterocycles. The van der Waals surface area contributed by atoms with Gasteiger partial charge in [-0.15, -0.1) is 0 Å². The molecule has 2 aliphatic rings. The summed E-state index contributed by atoms with van der Waals surface area (Å²) in [5, 5.41) is -0.135. The van der Waals surface area contributed by atoms with Crippen molar-refractivity contribution in [3.05, 3.63) is 63.9 Å². The third-order valence-electron chi connectivity index (χ3n) is 5.33. The maximum absolute atomic E-state index is 13.8. The van der Waals surface area contributed by atoms with Crippen LogP contribution in [0.15, 0.2) is 47.5 Å². The number of anilines is 1. The van der Waals surface area contributed by atoms with E-state index in [4.69, 9.17) is 23.2 Å². The van der Waals surface area contributed by atoms with Gasteiger partial charge in [-0.05, 0) is 30.5 Å². The number of hydrogen-bond donors (Lipinski definition) is 0. The molecule has 0 saturated carbocycles. The van der Waals surface area contributed by atoms with Gasteiger partial charge in [0.05, 0.1) is 16.4 Å². The highest BCUT2D eigenvalue weighted by atomic mass is 35.5. The van der Waals surface area contributed by atoms with Crippen molar-refractivity contribution in [1.29, 1.82) is 0 Å².